The first kappa shape index (κ1) is 27.4. The topological polar surface area (TPSA) is 134 Å². The van der Waals surface area contributed by atoms with Crippen molar-refractivity contribution in [2.24, 2.45) is 0 Å². The van der Waals surface area contributed by atoms with Crippen molar-refractivity contribution < 1.29 is 33.3 Å². The summed E-state index contributed by atoms with van der Waals surface area (Å²) in [6.07, 6.45) is 0.0592. The summed E-state index contributed by atoms with van der Waals surface area (Å²) in [4.78, 5) is 43.6. The summed E-state index contributed by atoms with van der Waals surface area (Å²) in [6, 6.07) is 27.1. The number of ether oxygens (including phenoxy) is 4. The number of hydrogen-bond acceptors (Lipinski definition) is 9. The number of nitriles is 1. The fourth-order valence-electron chi connectivity index (χ4n) is 4.87. The third kappa shape index (κ3) is 5.59. The molecule has 0 aliphatic carbocycles. The van der Waals surface area contributed by atoms with Crippen LogP contribution >= 0.6 is 0 Å². The van der Waals surface area contributed by atoms with Crippen molar-refractivity contribution >= 4 is 23.6 Å². The fourth-order valence-corrected chi connectivity index (χ4v) is 4.87. The van der Waals surface area contributed by atoms with Crippen LogP contribution in [0.2, 0.25) is 0 Å². The summed E-state index contributed by atoms with van der Waals surface area (Å²) in [5, 5.41) is 9.70. The predicted octanol–water partition coefficient (Wildman–Crippen LogP) is 4.21. The number of esters is 3. The molecule has 1 saturated heterocycles. The largest absolute Gasteiger partial charge is 0.459 e. The van der Waals surface area contributed by atoms with Crippen LogP contribution in [0.25, 0.3) is 5.65 Å². The van der Waals surface area contributed by atoms with E-state index in [2.05, 4.69) is 11.1 Å². The van der Waals surface area contributed by atoms with Crippen LogP contribution in [0.4, 0.5) is 0 Å². The summed E-state index contributed by atoms with van der Waals surface area (Å²) in [7, 11) is 0. The lowest BCUT2D eigenvalue weighted by Gasteiger charge is -2.25. The number of hydrogen-bond donors (Lipinski definition) is 0. The van der Waals surface area contributed by atoms with Crippen LogP contribution in [0, 0.1) is 11.3 Å². The van der Waals surface area contributed by atoms with Crippen molar-refractivity contribution in [2.45, 2.75) is 24.5 Å². The van der Waals surface area contributed by atoms with Gasteiger partial charge in [0.25, 0.3) is 0 Å². The third-order valence-corrected chi connectivity index (χ3v) is 6.93. The van der Waals surface area contributed by atoms with Gasteiger partial charge in [0, 0.05) is 18.6 Å². The second kappa shape index (κ2) is 12.0. The molecule has 0 bridgehead atoms. The average Bonchev–Trinajstić information content (AvgIpc) is 3.76. The van der Waals surface area contributed by atoms with Crippen LogP contribution in [-0.4, -0.2) is 57.0 Å². The van der Waals surface area contributed by atoms with Gasteiger partial charge in [-0.25, -0.2) is 23.9 Å². The Hall–Kier alpha value is -5.73. The van der Waals surface area contributed by atoms with E-state index in [1.54, 1.807) is 102 Å². The quantitative estimate of drug-likeness (QED) is 0.197. The monoisotopic (exact) mass is 576 g/mol. The number of rotatable bonds is 8. The normalized spacial score (nSPS) is 19.4. The maximum atomic E-state index is 13.3. The number of imidazole rings is 1. The lowest BCUT2D eigenvalue weighted by Crippen LogP contribution is -2.41. The van der Waals surface area contributed by atoms with Gasteiger partial charge in [-0.05, 0) is 36.4 Å². The van der Waals surface area contributed by atoms with Crippen molar-refractivity contribution in [2.75, 3.05) is 6.61 Å². The molecule has 214 valence electrons. The minimum absolute atomic E-state index is 0.249. The van der Waals surface area contributed by atoms with Gasteiger partial charge in [-0.3, -0.25) is 4.68 Å². The van der Waals surface area contributed by atoms with Gasteiger partial charge in [-0.15, -0.1) is 0 Å². The second-order valence-electron chi connectivity index (χ2n) is 9.63. The molecule has 0 spiro atoms. The second-order valence-corrected chi connectivity index (χ2v) is 9.63. The maximum Gasteiger partial charge on any atom is 0.338 e. The minimum atomic E-state index is -1.22. The lowest BCUT2D eigenvalue weighted by atomic mass is 10.1. The third-order valence-electron chi connectivity index (χ3n) is 6.93. The van der Waals surface area contributed by atoms with Gasteiger partial charge < -0.3 is 18.9 Å². The number of benzene rings is 3. The number of nitrogens with zero attached hydrogens (tertiary/aromatic N) is 4. The molecule has 3 heterocycles. The highest BCUT2D eigenvalue weighted by molar-refractivity contribution is 5.91. The Morgan fingerprint density at radius 3 is 1.88 bits per heavy atom. The van der Waals surface area contributed by atoms with E-state index in [1.165, 1.54) is 17.1 Å². The molecule has 0 radical (unpaired) electrons. The SMILES string of the molecule is N#Cc1cn([C@@H]2O[C@H](COC(=O)c3ccccc3)[C@@H](OC(=O)c3ccccc3)[C@H]2OC(=O)c2ccccc2)n2ccnc12. The molecular weight excluding hydrogens is 552 g/mol. The van der Waals surface area contributed by atoms with Crippen molar-refractivity contribution in [3.05, 3.63) is 132 Å². The molecule has 11 heteroatoms. The van der Waals surface area contributed by atoms with Gasteiger partial charge in [-0.2, -0.15) is 5.26 Å². The number of fused-ring (bicyclic) bond motifs is 1. The van der Waals surface area contributed by atoms with Crippen LogP contribution < -0.4 is 0 Å². The number of aromatic nitrogens is 3. The molecule has 1 aliphatic heterocycles. The van der Waals surface area contributed by atoms with Crippen LogP contribution in [0.1, 0.15) is 42.9 Å². The molecule has 11 nitrogen and oxygen atoms in total. The molecule has 3 aromatic carbocycles. The van der Waals surface area contributed by atoms with Crippen molar-refractivity contribution in [3.8, 4) is 6.07 Å². The zero-order valence-corrected chi connectivity index (χ0v) is 22.6. The molecule has 0 saturated carbocycles. The molecule has 43 heavy (non-hydrogen) atoms. The first-order valence-electron chi connectivity index (χ1n) is 13.4. The van der Waals surface area contributed by atoms with E-state index in [9.17, 15) is 19.6 Å². The Balaban J connectivity index is 1.38. The molecule has 1 fully saturated rings. The van der Waals surface area contributed by atoms with Crippen molar-refractivity contribution in [3.63, 3.8) is 0 Å². The Labute approximate surface area is 245 Å². The van der Waals surface area contributed by atoms with E-state index >= 15 is 0 Å². The number of carbonyl (C=O) groups is 3. The van der Waals surface area contributed by atoms with Gasteiger partial charge in [0.15, 0.2) is 24.1 Å². The summed E-state index contributed by atoms with van der Waals surface area (Å²) < 4.78 is 26.9. The molecule has 0 amide bonds. The molecule has 1 aliphatic rings. The van der Waals surface area contributed by atoms with Gasteiger partial charge in [0.1, 0.15) is 24.3 Å². The number of carbonyl (C=O) groups excluding carboxylic acids is 3. The average molecular weight is 577 g/mol. The van der Waals surface area contributed by atoms with E-state index < -0.39 is 42.4 Å². The van der Waals surface area contributed by atoms with E-state index in [4.69, 9.17) is 18.9 Å². The van der Waals surface area contributed by atoms with Crippen LogP contribution in [0.15, 0.2) is 110 Å². The fraction of sp³-hybridized carbons (Fsp3) is 0.156. The van der Waals surface area contributed by atoms with Crippen LogP contribution in [-0.2, 0) is 18.9 Å². The maximum absolute atomic E-state index is 13.3. The predicted molar refractivity (Wildman–Crippen MR) is 150 cm³/mol. The standard InChI is InChI=1S/C32H24N4O7/c33-18-24-19-36(35-17-16-34-28(24)35)29-27(43-32(39)23-14-8-3-9-15-23)26(42-31(38)22-12-6-2-7-13-22)25(41-29)20-40-30(37)21-10-4-1-5-11-21/h1-17,19,25-27,29H,20H2/t25-,26-,27-,29-/m1/s1. The first-order valence-corrected chi connectivity index (χ1v) is 13.4. The zero-order valence-electron chi connectivity index (χ0n) is 22.6. The van der Waals surface area contributed by atoms with E-state index in [1.807, 2.05) is 0 Å². The summed E-state index contributed by atoms with van der Waals surface area (Å²) in [6.45, 7) is -0.324. The van der Waals surface area contributed by atoms with Crippen molar-refractivity contribution in [1.29, 1.82) is 5.26 Å². The van der Waals surface area contributed by atoms with E-state index in [0.29, 0.717) is 11.2 Å². The smallest absolute Gasteiger partial charge is 0.338 e. The van der Waals surface area contributed by atoms with Crippen LogP contribution in [0.5, 0.6) is 0 Å². The van der Waals surface area contributed by atoms with Gasteiger partial charge in [-0.1, -0.05) is 54.6 Å². The van der Waals surface area contributed by atoms with Crippen LogP contribution in [0.3, 0.4) is 0 Å². The van der Waals surface area contributed by atoms with Gasteiger partial charge >= 0.3 is 17.9 Å². The molecule has 0 N–H and O–H groups in total. The Morgan fingerprint density at radius 1 is 0.791 bits per heavy atom. The summed E-state index contributed by atoms with van der Waals surface area (Å²) in [5.41, 5.74) is 1.47. The highest BCUT2D eigenvalue weighted by Crippen LogP contribution is 2.36. The first-order chi connectivity index (χ1) is 21.0. The van der Waals surface area contributed by atoms with Crippen molar-refractivity contribution in [1.82, 2.24) is 14.2 Å². The highest BCUT2D eigenvalue weighted by atomic mass is 16.7. The minimum Gasteiger partial charge on any atom is -0.459 e. The molecule has 2 aromatic heterocycles. The summed E-state index contributed by atoms with van der Waals surface area (Å²) >= 11 is 0. The van der Waals surface area contributed by atoms with Gasteiger partial charge in [0.2, 0.25) is 0 Å². The Kier molecular flexibility index (Phi) is 7.67. The molecular formula is C32H24N4O7. The molecule has 0 unspecified atom stereocenters. The van der Waals surface area contributed by atoms with Gasteiger partial charge in [0.05, 0.1) is 16.7 Å². The highest BCUT2D eigenvalue weighted by Gasteiger charge is 2.52. The molecule has 4 atom stereocenters. The molecule has 6 rings (SSSR count). The summed E-state index contributed by atoms with van der Waals surface area (Å²) in [5.74, 6) is -1.98. The molecule has 5 aromatic rings. The van der Waals surface area contributed by atoms with E-state index in [-0.39, 0.29) is 23.3 Å². The van der Waals surface area contributed by atoms with E-state index in [0.717, 1.165) is 0 Å². The Morgan fingerprint density at radius 2 is 1.33 bits per heavy atom. The Bertz CT molecular complexity index is 1800. The zero-order chi connectivity index (χ0) is 29.8. The lowest BCUT2D eigenvalue weighted by molar-refractivity contribution is -0.0686.